The summed E-state index contributed by atoms with van der Waals surface area (Å²) in [5.74, 6) is 7.30. The Labute approximate surface area is 428 Å². The molecule has 0 aromatic heterocycles. The second-order valence-electron chi connectivity index (χ2n) is 26.4. The van der Waals surface area contributed by atoms with Gasteiger partial charge in [0.1, 0.15) is 18.0 Å². The second-order valence-corrected chi connectivity index (χ2v) is 26.4. The molecule has 0 unspecified atom stereocenters. The monoisotopic (exact) mass is 980 g/mol. The molecule has 4 bridgehead atoms. The van der Waals surface area contributed by atoms with Crippen molar-refractivity contribution >= 4 is 12.3 Å². The van der Waals surface area contributed by atoms with Gasteiger partial charge < -0.3 is 40.0 Å². The van der Waals surface area contributed by atoms with Crippen molar-refractivity contribution in [2.75, 3.05) is 13.7 Å². The fourth-order valence-corrected chi connectivity index (χ4v) is 21.5. The number of likely N-dealkylation sites (N-methyl/N-ethyl adjacent to an activating group) is 1. The SMILES string of the molecule is CN[C@H]1Cc2c(cccc2CO)C#CCC[C@]23CC[C@H]4[C@@](O)(C[C@@H]5C[C@@H]([C@@H](C)C6CCCC6)CC[C@H]6[C@H]7OCC[C@@H]8C[C@H](CCc9ccccc9)C[C@@]87C[C@@]4(C=O)[C@]56O)[C@@]2(O)C[C@@H]2C[C@H]1[C@@H]1OC(=O)C=C1[C@@H]23. The summed E-state index contributed by atoms with van der Waals surface area (Å²) in [4.78, 5) is 29.1. The molecule has 2 aliphatic heterocycles. The van der Waals surface area contributed by atoms with E-state index in [-0.39, 0.29) is 60.2 Å². The molecule has 1 saturated heterocycles. The molecule has 2 spiro atoms. The van der Waals surface area contributed by atoms with Gasteiger partial charge in [-0.25, -0.2) is 4.79 Å². The Balaban J connectivity index is 0.957. The van der Waals surface area contributed by atoms with Gasteiger partial charge in [0, 0.05) is 59.3 Å². The first-order valence-electron chi connectivity index (χ1n) is 29.0. The summed E-state index contributed by atoms with van der Waals surface area (Å²) >= 11 is 0. The van der Waals surface area contributed by atoms with Crippen molar-refractivity contribution in [3.05, 3.63) is 82.4 Å². The lowest BCUT2D eigenvalue weighted by Crippen LogP contribution is -2.82. The van der Waals surface area contributed by atoms with Crippen molar-refractivity contribution < 1.29 is 39.5 Å². The van der Waals surface area contributed by atoms with Crippen LogP contribution >= 0.6 is 0 Å². The zero-order valence-electron chi connectivity index (χ0n) is 43.0. The number of fused-ring (bicyclic) bond motifs is 7. The Morgan fingerprint density at radius 2 is 1.74 bits per heavy atom. The van der Waals surface area contributed by atoms with E-state index >= 15 is 4.79 Å². The third-order valence-electron chi connectivity index (χ3n) is 24.2. The Hall–Kier alpha value is -3.36. The van der Waals surface area contributed by atoms with Crippen LogP contribution in [0.5, 0.6) is 0 Å². The van der Waals surface area contributed by atoms with Crippen molar-refractivity contribution in [2.24, 2.45) is 81.3 Å². The van der Waals surface area contributed by atoms with Crippen LogP contribution in [0.15, 0.2) is 60.2 Å². The predicted octanol–water partition coefficient (Wildman–Crippen LogP) is 8.84. The smallest absolute Gasteiger partial charge is 0.331 e. The second kappa shape index (κ2) is 17.6. The summed E-state index contributed by atoms with van der Waals surface area (Å²) in [5.41, 5.74) is -2.14. The number of rotatable bonds is 8. The maximum Gasteiger partial charge on any atom is 0.331 e. The quantitative estimate of drug-likeness (QED) is 0.0996. The number of ether oxygens (including phenoxy) is 2. The maximum absolute atomic E-state index is 15.3. The number of aliphatic hydroxyl groups excluding tert-OH is 1. The molecule has 9 nitrogen and oxygen atoms in total. The number of hydrogen-bond acceptors (Lipinski definition) is 9. The van der Waals surface area contributed by atoms with E-state index in [2.05, 4.69) is 54.4 Å². The van der Waals surface area contributed by atoms with Crippen molar-refractivity contribution in [3.63, 3.8) is 0 Å². The molecule has 0 radical (unpaired) electrons. The fourth-order valence-electron chi connectivity index (χ4n) is 21.5. The van der Waals surface area contributed by atoms with Gasteiger partial charge in [0.2, 0.25) is 0 Å². The molecule has 72 heavy (non-hydrogen) atoms. The molecule has 14 rings (SSSR count). The van der Waals surface area contributed by atoms with Crippen LogP contribution < -0.4 is 5.32 Å². The molecule has 9 heteroatoms. The summed E-state index contributed by atoms with van der Waals surface area (Å²) in [7, 11) is 1.97. The Kier molecular flexibility index (Phi) is 11.8. The Bertz CT molecular complexity index is 2550. The molecule has 8 saturated carbocycles. The minimum Gasteiger partial charge on any atom is -0.454 e. The summed E-state index contributed by atoms with van der Waals surface area (Å²) in [5, 5.41) is 58.3. The van der Waals surface area contributed by atoms with Crippen LogP contribution in [0.1, 0.15) is 151 Å². The van der Waals surface area contributed by atoms with Gasteiger partial charge in [0.25, 0.3) is 0 Å². The van der Waals surface area contributed by atoms with Gasteiger partial charge in [0.05, 0.1) is 29.3 Å². The van der Waals surface area contributed by atoms with E-state index in [1.54, 1.807) is 6.08 Å². The lowest BCUT2D eigenvalue weighted by Gasteiger charge is -2.74. The largest absolute Gasteiger partial charge is 0.454 e. The fraction of sp³-hybridized carbons (Fsp3) is 0.714. The van der Waals surface area contributed by atoms with Crippen LogP contribution in [-0.4, -0.2) is 81.4 Å². The highest BCUT2D eigenvalue weighted by Crippen LogP contribution is 2.80. The topological polar surface area (TPSA) is 146 Å². The van der Waals surface area contributed by atoms with Gasteiger partial charge in [-0.1, -0.05) is 86.9 Å². The molecule has 2 aromatic carbocycles. The number of hydrogen-bond donors (Lipinski definition) is 5. The number of nitrogens with one attached hydrogen (secondary N) is 1. The average molecular weight is 980 g/mol. The molecule has 10 aliphatic carbocycles. The Morgan fingerprint density at radius 1 is 0.903 bits per heavy atom. The zero-order valence-corrected chi connectivity index (χ0v) is 43.0. The first kappa shape index (κ1) is 48.3. The van der Waals surface area contributed by atoms with E-state index in [4.69, 9.17) is 9.47 Å². The minimum atomic E-state index is -1.69. The zero-order chi connectivity index (χ0) is 49.4. The summed E-state index contributed by atoms with van der Waals surface area (Å²) in [6, 6.07) is 16.7. The van der Waals surface area contributed by atoms with Gasteiger partial charge >= 0.3 is 5.97 Å². The summed E-state index contributed by atoms with van der Waals surface area (Å²) in [6.07, 6.45) is 19.4. The van der Waals surface area contributed by atoms with Crippen LogP contribution in [0.2, 0.25) is 0 Å². The summed E-state index contributed by atoms with van der Waals surface area (Å²) < 4.78 is 13.6. The molecular weight excluding hydrogens is 899 g/mol. The number of aryl methyl sites for hydroxylation is 1. The molecular formula is C63H81NO8. The van der Waals surface area contributed by atoms with E-state index in [0.29, 0.717) is 87.6 Å². The van der Waals surface area contributed by atoms with E-state index in [0.717, 1.165) is 73.6 Å². The number of carbonyl (C=O) groups is 2. The number of benzene rings is 2. The highest BCUT2D eigenvalue weighted by molar-refractivity contribution is 5.86. The van der Waals surface area contributed by atoms with Gasteiger partial charge in [0.15, 0.2) is 0 Å². The average Bonchev–Trinajstić information content (AvgIpc) is 4.17. The highest BCUT2D eigenvalue weighted by atomic mass is 16.5. The molecule has 5 N–H and O–H groups in total. The summed E-state index contributed by atoms with van der Waals surface area (Å²) in [6.45, 7) is 3.04. The van der Waals surface area contributed by atoms with Crippen molar-refractivity contribution in [3.8, 4) is 11.8 Å². The number of carbonyl (C=O) groups excluding carboxylic acids is 2. The molecule has 0 amide bonds. The van der Waals surface area contributed by atoms with Crippen molar-refractivity contribution in [2.45, 2.75) is 183 Å². The van der Waals surface area contributed by atoms with Crippen LogP contribution in [-0.2, 0) is 38.5 Å². The molecule has 2 heterocycles. The molecule has 9 fully saturated rings. The standard InChI is InChI=1S/C63H81NO8/c1-38(41-13-6-7-14-41)43-20-21-51-57-58(32-40(27-46(58)23-26-71-57)19-18-39-11-4-3-5-12-39)36-60(37-66)53-22-25-59-24-9-8-15-42-16-10-17-44(35-65)48(42)30-52(64-2)49-29-45(55(59)50-31-54(67)72-56(49)50)33-62(59,69)61(53,68)34-47(28-43)63(51,60)70/h3-5,10-12,16-17,31,37-38,40-41,43,45-47,49,51-53,55-57,64-65,68-70H,6-7,9,13-14,18-30,32-36H2,1-2H3/t38-,40-,43-,45-,46+,47-,49+,51-,52-,53+,55+,56-,57+,58+,59+,60-,61-,62+,63-/m0/s1. The van der Waals surface area contributed by atoms with Crippen LogP contribution in [0.3, 0.4) is 0 Å². The lowest BCUT2D eigenvalue weighted by molar-refractivity contribution is -0.363. The van der Waals surface area contributed by atoms with E-state index < -0.39 is 45.6 Å². The van der Waals surface area contributed by atoms with Crippen molar-refractivity contribution in [1.29, 1.82) is 0 Å². The first-order valence-corrected chi connectivity index (χ1v) is 29.0. The van der Waals surface area contributed by atoms with Gasteiger partial charge in [-0.15, -0.1) is 0 Å². The molecule has 12 aliphatic rings. The van der Waals surface area contributed by atoms with Crippen LogP contribution in [0, 0.1) is 93.2 Å². The van der Waals surface area contributed by atoms with E-state index in [9.17, 15) is 25.2 Å². The third-order valence-corrected chi connectivity index (χ3v) is 24.2. The van der Waals surface area contributed by atoms with Gasteiger partial charge in [-0.05, 0) is 185 Å². The maximum atomic E-state index is 15.3. The van der Waals surface area contributed by atoms with Crippen molar-refractivity contribution in [1.82, 2.24) is 5.32 Å². The molecule has 19 atom stereocenters. The molecule has 2 aromatic rings. The number of esters is 1. The predicted molar refractivity (Wildman–Crippen MR) is 274 cm³/mol. The normalized spacial score (nSPS) is 47.1. The van der Waals surface area contributed by atoms with Gasteiger partial charge in [-0.3, -0.25) is 0 Å². The number of aldehydes is 1. The minimum absolute atomic E-state index is 0.0624. The molecule has 386 valence electrons. The lowest BCUT2D eigenvalue weighted by atomic mass is 9.33. The first-order chi connectivity index (χ1) is 34.9. The Morgan fingerprint density at radius 3 is 2.53 bits per heavy atom. The van der Waals surface area contributed by atoms with E-state index in [1.807, 2.05) is 25.2 Å². The van der Waals surface area contributed by atoms with E-state index in [1.165, 1.54) is 37.5 Å². The third kappa shape index (κ3) is 6.60. The van der Waals surface area contributed by atoms with Crippen LogP contribution in [0.25, 0.3) is 0 Å². The number of aliphatic hydroxyl groups is 4. The van der Waals surface area contributed by atoms with Crippen LogP contribution in [0.4, 0.5) is 0 Å². The highest BCUT2D eigenvalue weighted by Gasteiger charge is 2.85. The van der Waals surface area contributed by atoms with Gasteiger partial charge in [-0.2, -0.15) is 0 Å².